The van der Waals surface area contributed by atoms with Crippen molar-refractivity contribution >= 4 is 29.0 Å². The molecule has 1 aliphatic carbocycles. The molecule has 36 heavy (non-hydrogen) atoms. The molecule has 6 nitrogen and oxygen atoms in total. The maximum Gasteiger partial charge on any atom is 0.264 e. The van der Waals surface area contributed by atoms with E-state index >= 15 is 0 Å². The van der Waals surface area contributed by atoms with Crippen LogP contribution < -0.4 is 4.90 Å². The summed E-state index contributed by atoms with van der Waals surface area (Å²) >= 11 is 1.71. The van der Waals surface area contributed by atoms with Gasteiger partial charge in [-0.2, -0.15) is 10.5 Å². The van der Waals surface area contributed by atoms with E-state index in [1.807, 2.05) is 38.1 Å². The molecule has 1 saturated heterocycles. The molecule has 0 spiro atoms. The maximum absolute atomic E-state index is 13.3. The van der Waals surface area contributed by atoms with Crippen LogP contribution in [0.15, 0.2) is 42.0 Å². The van der Waals surface area contributed by atoms with Gasteiger partial charge in [0.05, 0.1) is 5.56 Å². The number of hydrogen-bond donors (Lipinski definition) is 0. The van der Waals surface area contributed by atoms with E-state index < -0.39 is 0 Å². The molecule has 0 bridgehead atoms. The molecule has 0 saturated carbocycles. The number of para-hydroxylation sites is 1. The Kier molecular flexibility index (Phi) is 6.67. The highest BCUT2D eigenvalue weighted by Crippen LogP contribution is 2.38. The van der Waals surface area contributed by atoms with Crippen LogP contribution in [0.2, 0.25) is 0 Å². The third-order valence-electron chi connectivity index (χ3n) is 7.28. The Morgan fingerprint density at radius 2 is 1.75 bits per heavy atom. The topological polar surface area (TPSA) is 76.1 Å². The molecule has 182 valence electrons. The summed E-state index contributed by atoms with van der Waals surface area (Å²) in [4.78, 5) is 18.6. The minimum absolute atomic E-state index is 0.148. The molecular weight excluding hydrogens is 466 g/mol. The molecule has 0 radical (unpaired) electrons. The fraction of sp³-hybridized carbons (Fsp3) is 0.345. The van der Waals surface area contributed by atoms with Gasteiger partial charge in [-0.25, -0.2) is 0 Å². The van der Waals surface area contributed by atoms with Crippen molar-refractivity contribution in [3.8, 4) is 17.1 Å². The van der Waals surface area contributed by atoms with Crippen LogP contribution in [0.5, 0.6) is 0 Å². The number of carbonyl (C=O) groups excluding carboxylic acids is 1. The summed E-state index contributed by atoms with van der Waals surface area (Å²) in [6, 6.07) is 16.8. The number of nitrogens with zero attached hydrogens (tertiary/aromatic N) is 5. The first-order valence-electron chi connectivity index (χ1n) is 12.5. The van der Waals surface area contributed by atoms with Gasteiger partial charge in [0.15, 0.2) is 0 Å². The molecule has 0 atom stereocenters. The predicted molar refractivity (Wildman–Crippen MR) is 143 cm³/mol. The highest BCUT2D eigenvalue weighted by atomic mass is 32.1. The normalized spacial score (nSPS) is 15.8. The molecule has 7 heteroatoms. The van der Waals surface area contributed by atoms with E-state index in [-0.39, 0.29) is 11.5 Å². The first-order chi connectivity index (χ1) is 17.5. The lowest BCUT2D eigenvalue weighted by Gasteiger charge is -2.36. The third kappa shape index (κ3) is 4.32. The van der Waals surface area contributed by atoms with E-state index in [2.05, 4.69) is 33.7 Å². The summed E-state index contributed by atoms with van der Waals surface area (Å²) in [5.74, 6) is -0.223. The lowest BCUT2D eigenvalue weighted by Crippen LogP contribution is -2.49. The minimum Gasteiger partial charge on any atom is -0.368 e. The molecular formula is C29H29N5OS. The Morgan fingerprint density at radius 3 is 2.44 bits per heavy atom. The number of aryl methyl sites for hydroxylation is 2. The molecule has 0 N–H and O–H groups in total. The third-order valence-corrected chi connectivity index (χ3v) is 8.55. The molecule has 1 aliphatic heterocycles. The molecule has 3 heterocycles. The second-order valence-electron chi connectivity index (χ2n) is 9.45. The SMILES string of the molecule is Cc1cc(/C=C(\C#N)C(=O)N2CCN(c3ccccc3)CC2)c(C)n1-c1sc2c(c1C#N)CCCC2. The van der Waals surface area contributed by atoms with Gasteiger partial charge in [-0.15, -0.1) is 11.3 Å². The van der Waals surface area contributed by atoms with Gasteiger partial charge in [0.1, 0.15) is 22.7 Å². The van der Waals surface area contributed by atoms with Crippen molar-refractivity contribution in [1.82, 2.24) is 9.47 Å². The lowest BCUT2D eigenvalue weighted by molar-refractivity contribution is -0.126. The second kappa shape index (κ2) is 10.0. The number of nitriles is 2. The van der Waals surface area contributed by atoms with Gasteiger partial charge in [0.2, 0.25) is 0 Å². The van der Waals surface area contributed by atoms with Crippen molar-refractivity contribution in [3.63, 3.8) is 0 Å². The van der Waals surface area contributed by atoms with Gasteiger partial charge >= 0.3 is 0 Å². The van der Waals surface area contributed by atoms with Gasteiger partial charge in [0.25, 0.3) is 5.91 Å². The first-order valence-corrected chi connectivity index (χ1v) is 13.3. The largest absolute Gasteiger partial charge is 0.368 e. The minimum atomic E-state index is -0.223. The molecule has 5 rings (SSSR count). The number of thiophene rings is 1. The van der Waals surface area contributed by atoms with Crippen LogP contribution in [0, 0.1) is 36.5 Å². The fourth-order valence-electron chi connectivity index (χ4n) is 5.34. The molecule has 2 aliphatic rings. The van der Waals surface area contributed by atoms with E-state index in [1.54, 1.807) is 22.3 Å². The van der Waals surface area contributed by atoms with Crippen molar-refractivity contribution in [1.29, 1.82) is 10.5 Å². The number of fused-ring (bicyclic) bond motifs is 1. The molecule has 3 aromatic rings. The van der Waals surface area contributed by atoms with Crippen molar-refractivity contribution in [3.05, 3.63) is 74.9 Å². The number of aromatic nitrogens is 1. The van der Waals surface area contributed by atoms with Crippen molar-refractivity contribution in [2.24, 2.45) is 0 Å². The zero-order valence-corrected chi connectivity index (χ0v) is 21.6. The van der Waals surface area contributed by atoms with E-state index in [4.69, 9.17) is 0 Å². The van der Waals surface area contributed by atoms with E-state index in [0.29, 0.717) is 13.1 Å². The number of piperazine rings is 1. The van der Waals surface area contributed by atoms with Crippen LogP contribution in [-0.2, 0) is 17.6 Å². The van der Waals surface area contributed by atoms with Crippen LogP contribution in [0.1, 0.15) is 45.8 Å². The zero-order chi connectivity index (χ0) is 25.2. The Hall–Kier alpha value is -3.81. The quantitative estimate of drug-likeness (QED) is 0.370. The smallest absolute Gasteiger partial charge is 0.264 e. The maximum atomic E-state index is 13.3. The zero-order valence-electron chi connectivity index (χ0n) is 20.8. The van der Waals surface area contributed by atoms with E-state index in [0.717, 1.165) is 65.6 Å². The number of amides is 1. The summed E-state index contributed by atoms with van der Waals surface area (Å²) < 4.78 is 2.12. The average molecular weight is 496 g/mol. The monoisotopic (exact) mass is 495 g/mol. The number of anilines is 1. The predicted octanol–water partition coefficient (Wildman–Crippen LogP) is 5.16. The Morgan fingerprint density at radius 1 is 1.03 bits per heavy atom. The van der Waals surface area contributed by atoms with Gasteiger partial charge in [-0.1, -0.05) is 18.2 Å². The molecule has 1 aromatic carbocycles. The van der Waals surface area contributed by atoms with E-state index in [1.165, 1.54) is 16.9 Å². The van der Waals surface area contributed by atoms with Crippen molar-refractivity contribution in [2.75, 3.05) is 31.1 Å². The van der Waals surface area contributed by atoms with Gasteiger partial charge in [0, 0.05) is 48.1 Å². The lowest BCUT2D eigenvalue weighted by atomic mass is 9.96. The summed E-state index contributed by atoms with van der Waals surface area (Å²) in [6.07, 6.45) is 6.01. The standard InChI is InChI=1S/C29H29N5OS/c1-20-16-22(21(2)34(20)29-26(19-31)25-10-6-7-11-27(25)36-29)17-23(18-30)28(35)33-14-12-32(13-15-33)24-8-4-3-5-9-24/h3-5,8-9,16-17H,6-7,10-15H2,1-2H3/b23-17+. The Labute approximate surface area is 216 Å². The Bertz CT molecular complexity index is 1410. The number of carbonyl (C=O) groups is 1. The van der Waals surface area contributed by atoms with Crippen LogP contribution in [0.4, 0.5) is 5.69 Å². The number of benzene rings is 1. The molecule has 1 amide bonds. The number of rotatable bonds is 4. The van der Waals surface area contributed by atoms with Gasteiger partial charge in [-0.05, 0) is 74.9 Å². The van der Waals surface area contributed by atoms with Crippen LogP contribution in [0.25, 0.3) is 11.1 Å². The van der Waals surface area contributed by atoms with Gasteiger partial charge < -0.3 is 14.4 Å². The summed E-state index contributed by atoms with van der Waals surface area (Å²) in [6.45, 7) is 6.65. The summed E-state index contributed by atoms with van der Waals surface area (Å²) in [5.41, 5.74) is 6.06. The highest BCUT2D eigenvalue weighted by Gasteiger charge is 2.26. The van der Waals surface area contributed by atoms with Crippen molar-refractivity contribution in [2.45, 2.75) is 39.5 Å². The van der Waals surface area contributed by atoms with Crippen LogP contribution in [-0.4, -0.2) is 41.6 Å². The first kappa shape index (κ1) is 23.9. The fourth-order valence-corrected chi connectivity index (χ4v) is 6.79. The highest BCUT2D eigenvalue weighted by molar-refractivity contribution is 7.15. The molecule has 2 aromatic heterocycles. The van der Waals surface area contributed by atoms with Crippen molar-refractivity contribution < 1.29 is 4.79 Å². The summed E-state index contributed by atoms with van der Waals surface area (Å²) in [7, 11) is 0. The number of hydrogen-bond acceptors (Lipinski definition) is 5. The second-order valence-corrected chi connectivity index (χ2v) is 10.5. The van der Waals surface area contributed by atoms with Crippen LogP contribution >= 0.6 is 11.3 Å². The van der Waals surface area contributed by atoms with E-state index in [9.17, 15) is 15.3 Å². The Balaban J connectivity index is 1.39. The molecule has 1 fully saturated rings. The van der Waals surface area contributed by atoms with Crippen LogP contribution in [0.3, 0.4) is 0 Å². The average Bonchev–Trinajstić information content (AvgIpc) is 3.42. The summed E-state index contributed by atoms with van der Waals surface area (Å²) in [5, 5.41) is 20.8. The molecule has 0 unspecified atom stereocenters. The van der Waals surface area contributed by atoms with Gasteiger partial charge in [-0.3, -0.25) is 4.79 Å².